The van der Waals surface area contributed by atoms with E-state index in [-0.39, 0.29) is 17.1 Å². The minimum Gasteiger partial charge on any atom is -0.426 e. The fourth-order valence-corrected chi connectivity index (χ4v) is 1.14. The first kappa shape index (κ1) is 11.1. The molecule has 0 heterocycles. The van der Waals surface area contributed by atoms with Crippen LogP contribution in [0.3, 0.4) is 0 Å². The highest BCUT2D eigenvalue weighted by Gasteiger charge is 2.11. The lowest BCUT2D eigenvalue weighted by molar-refractivity contribution is -0.131. The number of rotatable bonds is 3. The molecule has 0 saturated heterocycles. The van der Waals surface area contributed by atoms with Crippen molar-refractivity contribution in [2.24, 2.45) is 0 Å². The van der Waals surface area contributed by atoms with E-state index >= 15 is 0 Å². The Balaban J connectivity index is 3.20. The van der Waals surface area contributed by atoms with Crippen LogP contribution in [-0.4, -0.2) is 18.0 Å². The van der Waals surface area contributed by atoms with Crippen LogP contribution in [0.5, 0.6) is 5.75 Å². The van der Waals surface area contributed by atoms with Crippen molar-refractivity contribution in [1.29, 1.82) is 0 Å². The van der Waals surface area contributed by atoms with Gasteiger partial charge in [-0.15, -0.1) is 0 Å². The van der Waals surface area contributed by atoms with E-state index in [1.165, 1.54) is 32.0 Å². The van der Waals surface area contributed by atoms with E-state index in [2.05, 4.69) is 0 Å². The Bertz CT molecular complexity index is 421. The first-order chi connectivity index (χ1) is 7.04. The molecule has 0 aliphatic carbocycles. The van der Waals surface area contributed by atoms with Crippen LogP contribution in [0, 0.1) is 0 Å². The van der Waals surface area contributed by atoms with Crippen molar-refractivity contribution in [2.75, 3.05) is 0 Å². The van der Waals surface area contributed by atoms with Gasteiger partial charge < -0.3 is 4.74 Å². The molecule has 0 fully saturated rings. The van der Waals surface area contributed by atoms with Gasteiger partial charge in [0.2, 0.25) is 0 Å². The second kappa shape index (κ2) is 4.50. The zero-order valence-electron chi connectivity index (χ0n) is 8.44. The highest BCUT2D eigenvalue weighted by Crippen LogP contribution is 2.20. The minimum absolute atomic E-state index is 0.181. The maximum Gasteiger partial charge on any atom is 0.308 e. The molecule has 0 aromatic heterocycles. The van der Waals surface area contributed by atoms with E-state index in [0.29, 0.717) is 11.8 Å². The summed E-state index contributed by atoms with van der Waals surface area (Å²) in [5.74, 6) is -0.577. The van der Waals surface area contributed by atoms with Crippen LogP contribution in [0.15, 0.2) is 18.2 Å². The third-order valence-electron chi connectivity index (χ3n) is 1.77. The normalized spacial score (nSPS) is 9.47. The van der Waals surface area contributed by atoms with Crippen LogP contribution in [0.4, 0.5) is 0 Å². The van der Waals surface area contributed by atoms with Gasteiger partial charge in [0.25, 0.3) is 0 Å². The van der Waals surface area contributed by atoms with Gasteiger partial charge in [0.15, 0.2) is 5.78 Å². The van der Waals surface area contributed by atoms with Gasteiger partial charge in [0.1, 0.15) is 12.0 Å². The monoisotopic (exact) mass is 206 g/mol. The van der Waals surface area contributed by atoms with E-state index in [4.69, 9.17) is 4.74 Å². The van der Waals surface area contributed by atoms with Gasteiger partial charge in [0.05, 0.1) is 5.56 Å². The summed E-state index contributed by atoms with van der Waals surface area (Å²) in [6.07, 6.45) is 0.629. The molecule has 4 heteroatoms. The molecule has 1 aromatic carbocycles. The molecule has 1 aromatic rings. The quantitative estimate of drug-likeness (QED) is 0.326. The fraction of sp³-hybridized carbons (Fsp3) is 0.182. The van der Waals surface area contributed by atoms with Crippen molar-refractivity contribution in [2.45, 2.75) is 13.8 Å². The maximum atomic E-state index is 11.2. The molecule has 1 rings (SSSR count). The summed E-state index contributed by atoms with van der Waals surface area (Å²) in [6, 6.07) is 4.31. The van der Waals surface area contributed by atoms with Crippen molar-refractivity contribution < 1.29 is 19.1 Å². The second-order valence-corrected chi connectivity index (χ2v) is 3.02. The minimum atomic E-state index is -0.503. The molecule has 0 N–H and O–H groups in total. The van der Waals surface area contributed by atoms with E-state index in [1.807, 2.05) is 0 Å². The van der Waals surface area contributed by atoms with E-state index in [9.17, 15) is 14.4 Å². The van der Waals surface area contributed by atoms with Crippen molar-refractivity contribution >= 4 is 18.0 Å². The van der Waals surface area contributed by atoms with Crippen molar-refractivity contribution in [3.63, 3.8) is 0 Å². The molecule has 0 atom stereocenters. The molecule has 0 unspecified atom stereocenters. The Morgan fingerprint density at radius 3 is 2.40 bits per heavy atom. The van der Waals surface area contributed by atoms with Crippen LogP contribution in [-0.2, 0) is 4.79 Å². The Hall–Kier alpha value is -1.97. The Kier molecular flexibility index (Phi) is 3.33. The zero-order valence-corrected chi connectivity index (χ0v) is 8.44. The number of Topliss-reactive ketones (excluding diaryl/α,β-unsaturated/α-hetero) is 1. The molecule has 78 valence electrons. The van der Waals surface area contributed by atoms with Crippen LogP contribution >= 0.6 is 0 Å². The van der Waals surface area contributed by atoms with Gasteiger partial charge in [-0.2, -0.15) is 0 Å². The second-order valence-electron chi connectivity index (χ2n) is 3.02. The van der Waals surface area contributed by atoms with Gasteiger partial charge in [0, 0.05) is 12.5 Å². The average Bonchev–Trinajstić information content (AvgIpc) is 2.17. The molecule has 0 spiro atoms. The number of ether oxygens (including phenoxy) is 1. The summed E-state index contributed by atoms with van der Waals surface area (Å²) >= 11 is 0. The number of carbonyl (C=O) groups is 3. The predicted octanol–water partition coefficient (Wildman–Crippen LogP) is 1.63. The lowest BCUT2D eigenvalue weighted by Gasteiger charge is -2.06. The number of aldehydes is 1. The molecule has 0 radical (unpaired) electrons. The third kappa shape index (κ3) is 2.74. The van der Waals surface area contributed by atoms with Gasteiger partial charge in [-0.25, -0.2) is 0 Å². The standard InChI is InChI=1S/C11H10O4/c1-7(13)10-5-9(6-12)3-4-11(10)15-8(2)14/h3-6H,1-2H3. The molecule has 15 heavy (non-hydrogen) atoms. The van der Waals surface area contributed by atoms with Crippen LogP contribution in [0.1, 0.15) is 34.6 Å². The fourth-order valence-electron chi connectivity index (χ4n) is 1.14. The summed E-state index contributed by atoms with van der Waals surface area (Å²) in [6.45, 7) is 2.59. The number of esters is 1. The Labute approximate surface area is 86.9 Å². The van der Waals surface area contributed by atoms with Gasteiger partial charge in [-0.3, -0.25) is 14.4 Å². The summed E-state index contributed by atoms with van der Waals surface area (Å²) in [4.78, 5) is 32.4. The average molecular weight is 206 g/mol. The SMILES string of the molecule is CC(=O)Oc1ccc(C=O)cc1C(C)=O. The van der Waals surface area contributed by atoms with Crippen LogP contribution in [0.2, 0.25) is 0 Å². The van der Waals surface area contributed by atoms with Crippen molar-refractivity contribution in [3.8, 4) is 5.75 Å². The maximum absolute atomic E-state index is 11.2. The van der Waals surface area contributed by atoms with E-state index in [0.717, 1.165) is 0 Å². The largest absolute Gasteiger partial charge is 0.426 e. The third-order valence-corrected chi connectivity index (χ3v) is 1.77. The summed E-state index contributed by atoms with van der Waals surface area (Å²) in [7, 11) is 0. The highest BCUT2D eigenvalue weighted by atomic mass is 16.5. The van der Waals surface area contributed by atoms with Crippen molar-refractivity contribution in [1.82, 2.24) is 0 Å². The van der Waals surface area contributed by atoms with Gasteiger partial charge in [-0.1, -0.05) is 0 Å². The zero-order chi connectivity index (χ0) is 11.4. The highest BCUT2D eigenvalue weighted by molar-refractivity contribution is 5.99. The molecular weight excluding hydrogens is 196 g/mol. The van der Waals surface area contributed by atoms with Crippen LogP contribution in [0.25, 0.3) is 0 Å². The van der Waals surface area contributed by atoms with E-state index in [1.54, 1.807) is 0 Å². The van der Waals surface area contributed by atoms with Gasteiger partial charge >= 0.3 is 5.97 Å². The molecule has 0 aliphatic heterocycles. The summed E-state index contributed by atoms with van der Waals surface area (Å²) < 4.78 is 4.83. The molecule has 0 saturated carbocycles. The van der Waals surface area contributed by atoms with Crippen LogP contribution < -0.4 is 4.74 Å². The number of hydrogen-bond donors (Lipinski definition) is 0. The molecule has 4 nitrogen and oxygen atoms in total. The predicted molar refractivity (Wildman–Crippen MR) is 53.1 cm³/mol. The molecule has 0 amide bonds. The number of carbonyl (C=O) groups excluding carboxylic acids is 3. The lowest BCUT2D eigenvalue weighted by atomic mass is 10.1. The van der Waals surface area contributed by atoms with Gasteiger partial charge in [-0.05, 0) is 25.1 Å². The Morgan fingerprint density at radius 1 is 1.27 bits per heavy atom. The number of benzene rings is 1. The Morgan fingerprint density at radius 2 is 1.93 bits per heavy atom. The molecule has 0 bridgehead atoms. The summed E-state index contributed by atoms with van der Waals surface area (Å²) in [5.41, 5.74) is 0.603. The van der Waals surface area contributed by atoms with Crippen molar-refractivity contribution in [3.05, 3.63) is 29.3 Å². The number of ketones is 1. The summed E-state index contributed by atoms with van der Waals surface area (Å²) in [5, 5.41) is 0. The number of hydrogen-bond acceptors (Lipinski definition) is 4. The lowest BCUT2D eigenvalue weighted by Crippen LogP contribution is -2.06. The molecule has 0 aliphatic rings. The topological polar surface area (TPSA) is 60.4 Å². The molecular formula is C11H10O4. The first-order valence-electron chi connectivity index (χ1n) is 4.33. The smallest absolute Gasteiger partial charge is 0.308 e. The van der Waals surface area contributed by atoms with E-state index < -0.39 is 5.97 Å². The first-order valence-corrected chi connectivity index (χ1v) is 4.33.